The Morgan fingerprint density at radius 2 is 1.91 bits per heavy atom. The summed E-state index contributed by atoms with van der Waals surface area (Å²) in [6.45, 7) is 0. The number of tetrazole rings is 1. The molecule has 2 aromatic carbocycles. The Morgan fingerprint density at radius 3 is 2.57 bits per heavy atom. The summed E-state index contributed by atoms with van der Waals surface area (Å²) in [6.07, 6.45) is -4.48. The quantitative estimate of drug-likeness (QED) is 0.342. The van der Waals surface area contributed by atoms with Crippen LogP contribution in [0.25, 0.3) is 11.1 Å². The first-order valence-corrected chi connectivity index (χ1v) is 10.8. The van der Waals surface area contributed by atoms with Crippen LogP contribution >= 0.6 is 11.8 Å². The van der Waals surface area contributed by atoms with Crippen molar-refractivity contribution in [3.05, 3.63) is 87.5 Å². The molecule has 4 aromatic rings. The van der Waals surface area contributed by atoms with Gasteiger partial charge < -0.3 is 10.3 Å². The Balaban J connectivity index is 1.60. The SMILES string of the molecule is N#Cc1c(-c2cccc(C(=O)Nc3ccc(C(F)(F)F)cc3)c2)cc(=O)[nH]c1SCc1nn[nH]n1. The summed E-state index contributed by atoms with van der Waals surface area (Å²) < 4.78 is 38.2. The van der Waals surface area contributed by atoms with Crippen molar-refractivity contribution < 1.29 is 18.0 Å². The van der Waals surface area contributed by atoms with E-state index in [4.69, 9.17) is 0 Å². The van der Waals surface area contributed by atoms with Crippen molar-refractivity contribution in [3.8, 4) is 17.2 Å². The number of aromatic nitrogens is 5. The number of benzene rings is 2. The average molecular weight is 497 g/mol. The number of thioether (sulfide) groups is 1. The highest BCUT2D eigenvalue weighted by Gasteiger charge is 2.30. The van der Waals surface area contributed by atoms with Crippen molar-refractivity contribution in [2.75, 3.05) is 5.32 Å². The van der Waals surface area contributed by atoms with Gasteiger partial charge in [-0.15, -0.1) is 10.2 Å². The van der Waals surface area contributed by atoms with Gasteiger partial charge in [0, 0.05) is 22.9 Å². The number of H-pyrrole nitrogens is 2. The van der Waals surface area contributed by atoms with E-state index in [1.54, 1.807) is 12.1 Å². The zero-order chi connectivity index (χ0) is 25.0. The molecule has 0 saturated heterocycles. The highest BCUT2D eigenvalue weighted by Crippen LogP contribution is 2.31. The van der Waals surface area contributed by atoms with E-state index in [0.29, 0.717) is 22.0 Å². The van der Waals surface area contributed by atoms with E-state index in [-0.39, 0.29) is 22.6 Å². The molecule has 2 heterocycles. The fourth-order valence-electron chi connectivity index (χ4n) is 3.14. The number of carbonyl (C=O) groups is 1. The second-order valence-corrected chi connectivity index (χ2v) is 8.08. The first-order chi connectivity index (χ1) is 16.7. The number of nitrogens with one attached hydrogen (secondary N) is 3. The van der Waals surface area contributed by atoms with Gasteiger partial charge in [0.1, 0.15) is 6.07 Å². The minimum atomic E-state index is -4.48. The van der Waals surface area contributed by atoms with Crippen molar-refractivity contribution >= 4 is 23.4 Å². The number of carbonyl (C=O) groups excluding carboxylic acids is 1. The van der Waals surface area contributed by atoms with Gasteiger partial charge >= 0.3 is 6.18 Å². The monoisotopic (exact) mass is 497 g/mol. The summed E-state index contributed by atoms with van der Waals surface area (Å²) in [5.41, 5.74) is 0.0385. The lowest BCUT2D eigenvalue weighted by Crippen LogP contribution is -2.13. The molecule has 0 atom stereocenters. The molecule has 0 saturated carbocycles. The smallest absolute Gasteiger partial charge is 0.322 e. The van der Waals surface area contributed by atoms with Gasteiger partial charge in [0.05, 0.1) is 21.9 Å². The minimum absolute atomic E-state index is 0.183. The van der Waals surface area contributed by atoms with Crippen LogP contribution in [-0.2, 0) is 11.9 Å². The number of aromatic amines is 2. The normalized spacial score (nSPS) is 11.1. The molecule has 4 rings (SSSR count). The molecule has 2 aromatic heterocycles. The molecule has 0 aliphatic rings. The van der Waals surface area contributed by atoms with Gasteiger partial charge in [-0.3, -0.25) is 9.59 Å². The Hall–Kier alpha value is -4.44. The number of pyridine rings is 1. The molecular weight excluding hydrogens is 483 g/mol. The van der Waals surface area contributed by atoms with E-state index in [2.05, 4.69) is 37.0 Å². The highest BCUT2D eigenvalue weighted by atomic mass is 32.2. The standard InChI is InChI=1S/C22H14F3N7O2S/c23-22(24,25)14-4-6-15(7-5-14)27-20(34)13-3-1-2-12(8-13)16-9-19(33)28-21(17(16)10-26)35-11-18-29-31-32-30-18/h1-9H,11H2,(H,27,34)(H,28,33)(H,29,30,31,32). The number of hydrogen-bond donors (Lipinski definition) is 3. The number of hydrogen-bond acceptors (Lipinski definition) is 7. The molecule has 3 N–H and O–H groups in total. The van der Waals surface area contributed by atoms with Crippen LogP contribution in [0.15, 0.2) is 64.4 Å². The predicted octanol–water partition coefficient (Wildman–Crippen LogP) is 3.99. The molecule has 1 amide bonds. The second-order valence-electron chi connectivity index (χ2n) is 7.09. The molecule has 0 radical (unpaired) electrons. The van der Waals surface area contributed by atoms with Gasteiger partial charge in [-0.1, -0.05) is 29.1 Å². The third kappa shape index (κ3) is 5.56. The average Bonchev–Trinajstić information content (AvgIpc) is 3.36. The Kier molecular flexibility index (Phi) is 6.65. The van der Waals surface area contributed by atoms with Crippen LogP contribution in [0.2, 0.25) is 0 Å². The lowest BCUT2D eigenvalue weighted by molar-refractivity contribution is -0.137. The molecule has 35 heavy (non-hydrogen) atoms. The van der Waals surface area contributed by atoms with Gasteiger partial charge in [0.15, 0.2) is 5.82 Å². The number of amides is 1. The molecule has 0 aliphatic carbocycles. The summed E-state index contributed by atoms with van der Waals surface area (Å²) >= 11 is 1.15. The third-order valence-corrected chi connectivity index (χ3v) is 5.76. The van der Waals surface area contributed by atoms with E-state index < -0.39 is 23.2 Å². The zero-order valence-electron chi connectivity index (χ0n) is 17.6. The predicted molar refractivity (Wildman–Crippen MR) is 120 cm³/mol. The lowest BCUT2D eigenvalue weighted by atomic mass is 10.00. The van der Waals surface area contributed by atoms with E-state index in [1.807, 2.05) is 0 Å². The van der Waals surface area contributed by atoms with E-state index >= 15 is 0 Å². The maximum absolute atomic E-state index is 12.7. The van der Waals surface area contributed by atoms with E-state index in [9.17, 15) is 28.0 Å². The van der Waals surface area contributed by atoms with Gasteiger partial charge in [0.2, 0.25) is 5.56 Å². The first-order valence-electron chi connectivity index (χ1n) is 9.86. The molecule has 0 spiro atoms. The number of rotatable bonds is 6. The van der Waals surface area contributed by atoms with Crippen LogP contribution in [0.3, 0.4) is 0 Å². The van der Waals surface area contributed by atoms with E-state index in [1.165, 1.54) is 18.2 Å². The Labute approximate surface area is 199 Å². The Morgan fingerprint density at radius 1 is 1.14 bits per heavy atom. The molecule has 9 nitrogen and oxygen atoms in total. The van der Waals surface area contributed by atoms with Gasteiger partial charge in [-0.05, 0) is 42.0 Å². The molecule has 13 heteroatoms. The number of halogens is 3. The van der Waals surface area contributed by atoms with Gasteiger partial charge in [-0.25, -0.2) is 0 Å². The van der Waals surface area contributed by atoms with Crippen LogP contribution in [-0.4, -0.2) is 31.5 Å². The van der Waals surface area contributed by atoms with Gasteiger partial charge in [-0.2, -0.15) is 23.6 Å². The topological polar surface area (TPSA) is 140 Å². The second kappa shape index (κ2) is 9.82. The molecule has 0 fully saturated rings. The zero-order valence-corrected chi connectivity index (χ0v) is 18.4. The van der Waals surface area contributed by atoms with Crippen molar-refractivity contribution in [1.82, 2.24) is 25.6 Å². The summed E-state index contributed by atoms with van der Waals surface area (Å²) in [4.78, 5) is 27.6. The Bertz CT molecular complexity index is 1460. The summed E-state index contributed by atoms with van der Waals surface area (Å²) in [5, 5.41) is 26.0. The van der Waals surface area contributed by atoms with E-state index in [0.717, 1.165) is 36.0 Å². The lowest BCUT2D eigenvalue weighted by Gasteiger charge is -2.11. The highest BCUT2D eigenvalue weighted by molar-refractivity contribution is 7.98. The van der Waals surface area contributed by atoms with Crippen molar-refractivity contribution in [1.29, 1.82) is 5.26 Å². The van der Waals surface area contributed by atoms with Crippen LogP contribution in [0.4, 0.5) is 18.9 Å². The fourth-order valence-corrected chi connectivity index (χ4v) is 4.01. The molecule has 0 bridgehead atoms. The van der Waals surface area contributed by atoms with Crippen LogP contribution in [0.1, 0.15) is 27.3 Å². The maximum atomic E-state index is 12.7. The summed E-state index contributed by atoms with van der Waals surface area (Å²) in [5.74, 6) is 0.0638. The first kappa shape index (κ1) is 23.7. The van der Waals surface area contributed by atoms with Gasteiger partial charge in [0.25, 0.3) is 5.91 Å². The van der Waals surface area contributed by atoms with Crippen LogP contribution < -0.4 is 10.9 Å². The molecule has 176 valence electrons. The van der Waals surface area contributed by atoms with Crippen molar-refractivity contribution in [3.63, 3.8) is 0 Å². The number of nitrogens with zero attached hydrogens (tertiary/aromatic N) is 4. The minimum Gasteiger partial charge on any atom is -0.322 e. The van der Waals surface area contributed by atoms with Crippen molar-refractivity contribution in [2.45, 2.75) is 17.0 Å². The maximum Gasteiger partial charge on any atom is 0.416 e. The summed E-state index contributed by atoms with van der Waals surface area (Å²) in [6, 6.07) is 13.6. The molecular formula is C22H14F3N7O2S. The van der Waals surface area contributed by atoms with Crippen LogP contribution in [0, 0.1) is 11.3 Å². The largest absolute Gasteiger partial charge is 0.416 e. The molecule has 0 unspecified atom stereocenters. The van der Waals surface area contributed by atoms with Crippen LogP contribution in [0.5, 0.6) is 0 Å². The van der Waals surface area contributed by atoms with Crippen molar-refractivity contribution in [2.24, 2.45) is 0 Å². The number of alkyl halides is 3. The molecule has 0 aliphatic heterocycles. The summed E-state index contributed by atoms with van der Waals surface area (Å²) in [7, 11) is 0. The third-order valence-electron chi connectivity index (χ3n) is 4.76. The number of nitriles is 1. The number of anilines is 1. The fraction of sp³-hybridized carbons (Fsp3) is 0.0909.